The molecular weight excluding hydrogens is 646 g/mol. The second-order valence-electron chi connectivity index (χ2n) is 13.4. The number of hydrogen-bond acceptors (Lipinski definition) is 9. The second-order valence-corrected chi connectivity index (χ2v) is 14.5. The first-order valence-electron chi connectivity index (χ1n) is 17.5. The summed E-state index contributed by atoms with van der Waals surface area (Å²) in [5.41, 5.74) is 0.669. The molecule has 2 aliphatic heterocycles. The fourth-order valence-corrected chi connectivity index (χ4v) is 7.74. The number of amides is 3. The monoisotopic (exact) mass is 691 g/mol. The number of nitrogens with one attached hydrogen (secondary N) is 2. The van der Waals surface area contributed by atoms with Gasteiger partial charge in [0.25, 0.3) is 0 Å². The van der Waals surface area contributed by atoms with E-state index in [1.54, 1.807) is 11.8 Å². The molecule has 1 aromatic carbocycles. The van der Waals surface area contributed by atoms with Crippen LogP contribution in [-0.4, -0.2) is 86.0 Å². The minimum Gasteiger partial charge on any atom is -0.480 e. The molecule has 2 saturated carbocycles. The molecule has 12 nitrogen and oxygen atoms in total. The first-order chi connectivity index (χ1) is 23.8. The number of unbranched alkanes of at least 4 members (excludes halogenated alkanes) is 3. The number of allylic oxidation sites excluding steroid dienone is 2. The summed E-state index contributed by atoms with van der Waals surface area (Å²) in [4.78, 5) is 65.2. The number of alkyl carbamates (subject to hydrolysis) is 1. The maximum absolute atomic E-state index is 14.4. The Morgan fingerprint density at radius 3 is 2.51 bits per heavy atom. The van der Waals surface area contributed by atoms with Gasteiger partial charge in [-0.25, -0.2) is 19.6 Å². The van der Waals surface area contributed by atoms with Crippen LogP contribution < -0.4 is 15.4 Å². The topological polar surface area (TPSA) is 160 Å². The van der Waals surface area contributed by atoms with E-state index in [9.17, 15) is 24.3 Å². The van der Waals surface area contributed by atoms with E-state index < -0.39 is 47.6 Å². The van der Waals surface area contributed by atoms with E-state index in [-0.39, 0.29) is 19.1 Å². The number of rotatable bonds is 15. The number of ether oxygens (including phenoxy) is 2. The predicted molar refractivity (Wildman–Crippen MR) is 186 cm³/mol. The molecule has 1 aromatic heterocycles. The van der Waals surface area contributed by atoms with Gasteiger partial charge in [0.15, 0.2) is 0 Å². The number of aliphatic carboxylic acids is 1. The fraction of sp³-hybridized carbons (Fsp3) is 0.556. The summed E-state index contributed by atoms with van der Waals surface area (Å²) in [5.74, 6) is -0.849. The highest BCUT2D eigenvalue weighted by Crippen LogP contribution is 2.39. The number of fused-ring (bicyclic) bond motifs is 1. The third-order valence-corrected chi connectivity index (χ3v) is 10.8. The number of nitrogens with zero attached hydrogens (tertiary/aromatic N) is 3. The number of thioether (sulfide) groups is 1. The van der Waals surface area contributed by atoms with Crippen molar-refractivity contribution >= 4 is 51.6 Å². The van der Waals surface area contributed by atoms with Gasteiger partial charge in [-0.1, -0.05) is 37.1 Å². The molecule has 262 valence electrons. The number of carbonyl (C=O) groups excluding carboxylic acids is 3. The Bertz CT molecular complexity index is 1610. The number of carboxylic acids is 1. The van der Waals surface area contributed by atoms with Crippen molar-refractivity contribution in [2.24, 2.45) is 0 Å². The van der Waals surface area contributed by atoms with Gasteiger partial charge in [0.1, 0.15) is 35.5 Å². The van der Waals surface area contributed by atoms with Gasteiger partial charge < -0.3 is 30.1 Å². The first kappa shape index (κ1) is 34.7. The van der Waals surface area contributed by atoms with Crippen LogP contribution in [0.25, 0.3) is 15.9 Å². The van der Waals surface area contributed by atoms with Crippen molar-refractivity contribution in [3.8, 4) is 5.88 Å². The molecule has 49 heavy (non-hydrogen) atoms. The zero-order valence-corrected chi connectivity index (χ0v) is 28.6. The van der Waals surface area contributed by atoms with E-state index in [4.69, 9.17) is 19.4 Å². The summed E-state index contributed by atoms with van der Waals surface area (Å²) < 4.78 is 12.2. The third kappa shape index (κ3) is 8.37. The summed E-state index contributed by atoms with van der Waals surface area (Å²) in [5, 5.41) is 15.3. The van der Waals surface area contributed by atoms with Gasteiger partial charge in [0.2, 0.25) is 17.7 Å². The minimum atomic E-state index is -1.33. The lowest BCUT2D eigenvalue weighted by molar-refractivity contribution is -0.145. The van der Waals surface area contributed by atoms with E-state index >= 15 is 0 Å². The second kappa shape index (κ2) is 15.6. The van der Waals surface area contributed by atoms with Crippen LogP contribution in [0.1, 0.15) is 89.2 Å². The van der Waals surface area contributed by atoms with Gasteiger partial charge in [-0.2, -0.15) is 0 Å². The Morgan fingerprint density at radius 1 is 1.08 bits per heavy atom. The van der Waals surface area contributed by atoms with Gasteiger partial charge in [0, 0.05) is 17.1 Å². The largest absolute Gasteiger partial charge is 0.480 e. The Labute approximate surface area is 290 Å². The summed E-state index contributed by atoms with van der Waals surface area (Å²) in [6.07, 6.45) is 11.3. The fourth-order valence-electron chi connectivity index (χ4n) is 6.78. The van der Waals surface area contributed by atoms with Crippen molar-refractivity contribution in [2.75, 3.05) is 12.3 Å². The molecule has 13 heteroatoms. The lowest BCUT2D eigenvalue weighted by atomic mass is 10.0. The van der Waals surface area contributed by atoms with Gasteiger partial charge in [-0.15, -0.1) is 18.3 Å². The third-order valence-electron chi connectivity index (χ3n) is 9.69. The molecule has 2 aliphatic carbocycles. The van der Waals surface area contributed by atoms with Crippen LogP contribution in [0.2, 0.25) is 0 Å². The van der Waals surface area contributed by atoms with Crippen LogP contribution in [0.15, 0.2) is 43.0 Å². The number of carbonyl (C=O) groups is 4. The zero-order chi connectivity index (χ0) is 34.4. The van der Waals surface area contributed by atoms with Gasteiger partial charge in [-0.3, -0.25) is 9.59 Å². The Kier molecular flexibility index (Phi) is 11.1. The van der Waals surface area contributed by atoms with E-state index in [1.807, 2.05) is 30.3 Å². The molecule has 1 saturated heterocycles. The highest BCUT2D eigenvalue weighted by atomic mass is 32.2. The van der Waals surface area contributed by atoms with E-state index in [1.165, 1.54) is 4.90 Å². The molecule has 4 aliphatic rings. The Morgan fingerprint density at radius 2 is 1.84 bits per heavy atom. The summed E-state index contributed by atoms with van der Waals surface area (Å²) in [7, 11) is 0. The highest BCUT2D eigenvalue weighted by molar-refractivity contribution is 8.08. The molecule has 6 rings (SSSR count). The SMILES string of the molecule is C=CCCCCC[C@H](NC(=O)OC1CCCC1)C(=O)N1C[C@H](Oc2nc3ccccc3nc2C2=CCCS2)C[C@H]1C(=O)NC1(C(=O)O)CC1. The summed E-state index contributed by atoms with van der Waals surface area (Å²) in [6.45, 7) is 3.82. The van der Waals surface area contributed by atoms with Crippen molar-refractivity contribution in [2.45, 2.75) is 113 Å². The highest BCUT2D eigenvalue weighted by Gasteiger charge is 2.54. The average molecular weight is 692 g/mol. The maximum Gasteiger partial charge on any atom is 0.408 e. The van der Waals surface area contributed by atoms with Crippen LogP contribution in [0.4, 0.5) is 4.79 Å². The number of hydrogen-bond donors (Lipinski definition) is 3. The number of carboxylic acid groups (broad SMARTS) is 1. The molecule has 3 fully saturated rings. The number of likely N-dealkylation sites (tertiary alicyclic amines) is 1. The van der Waals surface area contributed by atoms with Crippen LogP contribution in [0.3, 0.4) is 0 Å². The molecule has 3 N–H and O–H groups in total. The number of benzene rings is 1. The van der Waals surface area contributed by atoms with Crippen LogP contribution in [0, 0.1) is 0 Å². The van der Waals surface area contributed by atoms with Crippen LogP contribution >= 0.6 is 11.8 Å². The lowest BCUT2D eigenvalue weighted by Gasteiger charge is -2.29. The van der Waals surface area contributed by atoms with Crippen molar-refractivity contribution < 1.29 is 33.8 Å². The molecule has 3 atom stereocenters. The van der Waals surface area contributed by atoms with Crippen molar-refractivity contribution in [3.63, 3.8) is 0 Å². The van der Waals surface area contributed by atoms with Crippen LogP contribution in [-0.2, 0) is 19.1 Å². The number of aromatic nitrogens is 2. The summed E-state index contributed by atoms with van der Waals surface area (Å²) in [6, 6.07) is 5.58. The quantitative estimate of drug-likeness (QED) is 0.164. The molecule has 3 amide bonds. The molecule has 3 heterocycles. The molecule has 0 unspecified atom stereocenters. The number of para-hydroxylation sites is 2. The minimum absolute atomic E-state index is 0.0451. The Hall–Kier alpha value is -4.13. The normalized spacial score (nSPS) is 22.0. The van der Waals surface area contributed by atoms with Crippen molar-refractivity contribution in [3.05, 3.63) is 48.7 Å². The van der Waals surface area contributed by atoms with Crippen LogP contribution in [0.5, 0.6) is 5.88 Å². The van der Waals surface area contributed by atoms with Crippen molar-refractivity contribution in [1.29, 1.82) is 0 Å². The van der Waals surface area contributed by atoms with Crippen molar-refractivity contribution in [1.82, 2.24) is 25.5 Å². The van der Waals surface area contributed by atoms with Gasteiger partial charge in [-0.05, 0) is 76.3 Å². The molecule has 0 spiro atoms. The average Bonchev–Trinajstić information content (AvgIpc) is 3.47. The van der Waals surface area contributed by atoms with Gasteiger partial charge >= 0.3 is 12.1 Å². The maximum atomic E-state index is 14.4. The molecule has 2 aromatic rings. The molecular formula is C36H45N5O7S. The van der Waals surface area contributed by atoms with E-state index in [0.717, 1.165) is 67.5 Å². The lowest BCUT2D eigenvalue weighted by Crippen LogP contribution is -2.56. The Balaban J connectivity index is 1.25. The molecule has 0 bridgehead atoms. The molecule has 0 radical (unpaired) electrons. The van der Waals surface area contributed by atoms with E-state index in [0.29, 0.717) is 42.8 Å². The smallest absolute Gasteiger partial charge is 0.408 e. The van der Waals surface area contributed by atoms with Gasteiger partial charge in [0.05, 0.1) is 17.6 Å². The zero-order valence-electron chi connectivity index (χ0n) is 27.7. The summed E-state index contributed by atoms with van der Waals surface area (Å²) >= 11 is 1.67. The standard InChI is InChI=1S/C36H45N5O7S/c1-2-3-4-5-6-16-27(39-35(46)48-23-12-7-8-13-23)33(43)41-22-24(21-28(41)31(42)40-36(18-19-36)34(44)45)47-32-30(29-17-11-20-49-29)37-25-14-9-10-15-26(25)38-32/h2,9-10,14-15,17,23-24,27-28H,1,3-8,11-13,16,18-22H2,(H,39,46)(H,40,42)(H,44,45)/t24-,27+,28+/m1/s1. The first-order valence-corrected chi connectivity index (χ1v) is 18.5. The predicted octanol–water partition coefficient (Wildman–Crippen LogP) is 5.36. The van der Waals surface area contributed by atoms with E-state index in [2.05, 4.69) is 23.3 Å².